The van der Waals surface area contributed by atoms with Gasteiger partial charge in [-0.05, 0) is 77.9 Å². The maximum absolute atomic E-state index is 4.81. The van der Waals surface area contributed by atoms with Crippen LogP contribution in [0.5, 0.6) is 0 Å². The molecule has 0 atom stereocenters. The Balaban J connectivity index is 1.32. The molecular weight excluding hydrogens is 536 g/mol. The second kappa shape index (κ2) is 11.0. The van der Waals surface area contributed by atoms with Crippen LogP contribution in [-0.2, 0) is 0 Å². The lowest BCUT2D eigenvalue weighted by atomic mass is 10.0. The van der Waals surface area contributed by atoms with Crippen molar-refractivity contribution in [3.8, 4) is 28.2 Å². The Hall–Kier alpha value is -6.00. The number of anilines is 3. The Labute approximate surface area is 256 Å². The molecular formula is C40H28N4. The third-order valence-corrected chi connectivity index (χ3v) is 8.10. The van der Waals surface area contributed by atoms with Gasteiger partial charge in [0.25, 0.3) is 0 Å². The summed E-state index contributed by atoms with van der Waals surface area (Å²) >= 11 is 0. The third-order valence-electron chi connectivity index (χ3n) is 8.10. The second-order valence-electron chi connectivity index (χ2n) is 10.7. The fourth-order valence-electron chi connectivity index (χ4n) is 6.09. The number of para-hydroxylation sites is 2. The van der Waals surface area contributed by atoms with E-state index in [0.29, 0.717) is 0 Å². The van der Waals surface area contributed by atoms with E-state index < -0.39 is 0 Å². The molecule has 44 heavy (non-hydrogen) atoms. The predicted octanol–water partition coefficient (Wildman–Crippen LogP) is 10.4. The molecule has 0 unspecified atom stereocenters. The minimum absolute atomic E-state index is 0.852. The number of aromatic nitrogens is 3. The average Bonchev–Trinajstić information content (AvgIpc) is 3.45. The maximum atomic E-state index is 4.81. The van der Waals surface area contributed by atoms with Crippen molar-refractivity contribution in [3.63, 3.8) is 0 Å². The average molecular weight is 565 g/mol. The second-order valence-corrected chi connectivity index (χ2v) is 10.7. The van der Waals surface area contributed by atoms with E-state index in [1.165, 1.54) is 21.9 Å². The van der Waals surface area contributed by atoms with Crippen molar-refractivity contribution in [2.75, 3.05) is 4.90 Å². The van der Waals surface area contributed by atoms with Gasteiger partial charge >= 0.3 is 0 Å². The number of pyridine rings is 2. The number of hydrogen-bond acceptors (Lipinski definition) is 3. The molecule has 208 valence electrons. The summed E-state index contributed by atoms with van der Waals surface area (Å²) in [5.41, 5.74) is 10.7. The van der Waals surface area contributed by atoms with Gasteiger partial charge in [0.15, 0.2) is 0 Å². The van der Waals surface area contributed by atoms with Crippen LogP contribution in [0.25, 0.3) is 50.0 Å². The highest BCUT2D eigenvalue weighted by Crippen LogP contribution is 2.43. The Bertz CT molecular complexity index is 2190. The summed E-state index contributed by atoms with van der Waals surface area (Å²) < 4.78 is 2.31. The van der Waals surface area contributed by atoms with Crippen molar-refractivity contribution >= 4 is 38.9 Å². The minimum Gasteiger partial charge on any atom is -0.310 e. The zero-order valence-corrected chi connectivity index (χ0v) is 24.0. The monoisotopic (exact) mass is 564 g/mol. The Morgan fingerprint density at radius 1 is 0.455 bits per heavy atom. The molecule has 0 fully saturated rings. The first-order valence-electron chi connectivity index (χ1n) is 14.8. The number of nitrogens with zero attached hydrogens (tertiary/aromatic N) is 4. The van der Waals surface area contributed by atoms with Crippen molar-refractivity contribution in [2.24, 2.45) is 0 Å². The van der Waals surface area contributed by atoms with Crippen LogP contribution in [0.4, 0.5) is 17.1 Å². The third kappa shape index (κ3) is 4.50. The summed E-state index contributed by atoms with van der Waals surface area (Å²) in [4.78, 5) is 11.6. The molecule has 8 aromatic rings. The van der Waals surface area contributed by atoms with E-state index in [-0.39, 0.29) is 0 Å². The molecule has 5 aromatic carbocycles. The van der Waals surface area contributed by atoms with Crippen LogP contribution in [0.1, 0.15) is 0 Å². The molecule has 4 heteroatoms. The molecule has 0 aliphatic heterocycles. The van der Waals surface area contributed by atoms with Crippen molar-refractivity contribution < 1.29 is 0 Å². The van der Waals surface area contributed by atoms with E-state index in [4.69, 9.17) is 4.98 Å². The van der Waals surface area contributed by atoms with Gasteiger partial charge in [-0.1, -0.05) is 91.0 Å². The van der Waals surface area contributed by atoms with Gasteiger partial charge in [-0.15, -0.1) is 0 Å². The summed E-state index contributed by atoms with van der Waals surface area (Å²) in [6, 6.07) is 55.2. The first-order chi connectivity index (χ1) is 21.8. The highest BCUT2D eigenvalue weighted by molar-refractivity contribution is 6.16. The van der Waals surface area contributed by atoms with Crippen molar-refractivity contribution in [2.45, 2.75) is 0 Å². The SMILES string of the molecule is c1ccc(-c2ccc(N(c3ccccc3)c3cccc4c3c3ccccc3n4-c3ccc(-c4ccccn4)nc3)cc2)cc1. The summed E-state index contributed by atoms with van der Waals surface area (Å²) in [5.74, 6) is 0. The highest BCUT2D eigenvalue weighted by Gasteiger charge is 2.21. The van der Waals surface area contributed by atoms with E-state index in [0.717, 1.165) is 45.2 Å². The molecule has 4 nitrogen and oxygen atoms in total. The molecule has 0 saturated heterocycles. The van der Waals surface area contributed by atoms with Crippen LogP contribution in [0.15, 0.2) is 170 Å². The zero-order chi connectivity index (χ0) is 29.3. The van der Waals surface area contributed by atoms with Crippen molar-refractivity contribution in [1.82, 2.24) is 14.5 Å². The van der Waals surface area contributed by atoms with Crippen molar-refractivity contribution in [3.05, 3.63) is 170 Å². The molecule has 0 radical (unpaired) electrons. The standard InChI is InChI=1S/C40H28N4/c1-3-12-29(13-4-1)30-21-23-32(24-22-30)43(31-14-5-2-6-15-31)38-19-11-20-39-40(38)34-16-7-8-18-37(34)44(39)33-25-26-36(42-28-33)35-17-9-10-27-41-35/h1-28H. The summed E-state index contributed by atoms with van der Waals surface area (Å²) in [6.45, 7) is 0. The maximum Gasteiger partial charge on any atom is 0.0887 e. The molecule has 0 amide bonds. The number of fused-ring (bicyclic) bond motifs is 3. The fourth-order valence-corrected chi connectivity index (χ4v) is 6.09. The lowest BCUT2D eigenvalue weighted by Crippen LogP contribution is -2.10. The molecule has 0 N–H and O–H groups in total. The molecule has 3 heterocycles. The lowest BCUT2D eigenvalue weighted by Gasteiger charge is -2.26. The van der Waals surface area contributed by atoms with Crippen LogP contribution >= 0.6 is 0 Å². The molecule has 0 aliphatic rings. The van der Waals surface area contributed by atoms with Crippen molar-refractivity contribution in [1.29, 1.82) is 0 Å². The van der Waals surface area contributed by atoms with E-state index in [2.05, 4.69) is 148 Å². The van der Waals surface area contributed by atoms with Gasteiger partial charge in [-0.3, -0.25) is 9.97 Å². The van der Waals surface area contributed by atoms with E-state index >= 15 is 0 Å². The predicted molar refractivity (Wildman–Crippen MR) is 182 cm³/mol. The minimum atomic E-state index is 0.852. The van der Waals surface area contributed by atoms with Crippen LogP contribution in [0, 0.1) is 0 Å². The van der Waals surface area contributed by atoms with E-state index in [1.54, 1.807) is 6.20 Å². The van der Waals surface area contributed by atoms with Gasteiger partial charge in [0, 0.05) is 28.3 Å². The van der Waals surface area contributed by atoms with E-state index in [1.807, 2.05) is 30.5 Å². The molecule has 0 aliphatic carbocycles. The van der Waals surface area contributed by atoms with E-state index in [9.17, 15) is 0 Å². The molecule has 0 bridgehead atoms. The number of benzene rings is 5. The number of rotatable bonds is 6. The van der Waals surface area contributed by atoms with Gasteiger partial charge in [0.2, 0.25) is 0 Å². The topological polar surface area (TPSA) is 34.0 Å². The van der Waals surface area contributed by atoms with Gasteiger partial charge in [0.05, 0.1) is 40.0 Å². The Kier molecular flexibility index (Phi) is 6.43. The van der Waals surface area contributed by atoms with Crippen LogP contribution in [-0.4, -0.2) is 14.5 Å². The molecule has 8 rings (SSSR count). The number of hydrogen-bond donors (Lipinski definition) is 0. The molecule has 0 saturated carbocycles. The normalized spacial score (nSPS) is 11.2. The first kappa shape index (κ1) is 25.7. The van der Waals surface area contributed by atoms with Gasteiger partial charge < -0.3 is 9.47 Å². The first-order valence-corrected chi connectivity index (χ1v) is 14.8. The summed E-state index contributed by atoms with van der Waals surface area (Å²) in [5, 5.41) is 2.38. The van der Waals surface area contributed by atoms with Crippen LogP contribution in [0.2, 0.25) is 0 Å². The molecule has 3 aromatic heterocycles. The largest absolute Gasteiger partial charge is 0.310 e. The lowest BCUT2D eigenvalue weighted by molar-refractivity contribution is 1.13. The Morgan fingerprint density at radius 3 is 1.86 bits per heavy atom. The van der Waals surface area contributed by atoms with Crippen LogP contribution in [0.3, 0.4) is 0 Å². The fraction of sp³-hybridized carbons (Fsp3) is 0. The highest BCUT2D eigenvalue weighted by atomic mass is 15.1. The quantitative estimate of drug-likeness (QED) is 0.201. The van der Waals surface area contributed by atoms with Gasteiger partial charge in [-0.25, -0.2) is 0 Å². The smallest absolute Gasteiger partial charge is 0.0887 e. The molecule has 0 spiro atoms. The Morgan fingerprint density at radius 2 is 1.11 bits per heavy atom. The van der Waals surface area contributed by atoms with Crippen LogP contribution < -0.4 is 4.90 Å². The summed E-state index contributed by atoms with van der Waals surface area (Å²) in [6.07, 6.45) is 3.74. The summed E-state index contributed by atoms with van der Waals surface area (Å²) in [7, 11) is 0. The van der Waals surface area contributed by atoms with Gasteiger partial charge in [0.1, 0.15) is 0 Å². The zero-order valence-electron chi connectivity index (χ0n) is 24.0. The van der Waals surface area contributed by atoms with Gasteiger partial charge in [-0.2, -0.15) is 0 Å².